The second kappa shape index (κ2) is 3.14. The Morgan fingerprint density at radius 3 is 2.86 bits per heavy atom. The van der Waals surface area contributed by atoms with Crippen LogP contribution in [0.4, 0.5) is 0 Å². The van der Waals surface area contributed by atoms with E-state index in [0.29, 0.717) is 11.5 Å². The number of hydrogen-bond donors (Lipinski definition) is 0. The average Bonchev–Trinajstić information content (AvgIpc) is 2.73. The summed E-state index contributed by atoms with van der Waals surface area (Å²) < 4.78 is 6.58. The van der Waals surface area contributed by atoms with Crippen LogP contribution in [0.15, 0.2) is 28.9 Å². The number of carbonyl (C=O) groups is 1. The van der Waals surface area contributed by atoms with Crippen LogP contribution in [0.1, 0.15) is 21.9 Å². The molecule has 0 aromatic carbocycles. The lowest BCUT2D eigenvalue weighted by Crippen LogP contribution is -2.06. The van der Waals surface area contributed by atoms with E-state index in [9.17, 15) is 4.79 Å². The SMILES string of the molecule is Cc1cc(C(=O)c2ccco2)n(C)n1. The molecule has 2 aromatic heterocycles. The molecule has 0 N–H and O–H groups in total. The lowest BCUT2D eigenvalue weighted by molar-refractivity contribution is 0.100. The third-order valence-electron chi connectivity index (χ3n) is 1.98. The number of carbonyl (C=O) groups excluding carboxylic acids is 1. The molecule has 14 heavy (non-hydrogen) atoms. The molecule has 72 valence electrons. The van der Waals surface area contributed by atoms with Crippen molar-refractivity contribution in [2.75, 3.05) is 0 Å². The Kier molecular flexibility index (Phi) is 1.96. The van der Waals surface area contributed by atoms with Crippen LogP contribution in [-0.2, 0) is 7.05 Å². The van der Waals surface area contributed by atoms with Gasteiger partial charge in [0.15, 0.2) is 5.76 Å². The van der Waals surface area contributed by atoms with E-state index < -0.39 is 0 Å². The van der Waals surface area contributed by atoms with Gasteiger partial charge in [0, 0.05) is 7.05 Å². The minimum absolute atomic E-state index is 0.141. The number of ketones is 1. The third-order valence-corrected chi connectivity index (χ3v) is 1.98. The summed E-state index contributed by atoms with van der Waals surface area (Å²) in [6.45, 7) is 1.85. The van der Waals surface area contributed by atoms with Gasteiger partial charge < -0.3 is 4.42 Å². The maximum absolute atomic E-state index is 11.8. The Morgan fingerprint density at radius 2 is 2.36 bits per heavy atom. The highest BCUT2D eigenvalue weighted by Crippen LogP contribution is 2.10. The largest absolute Gasteiger partial charge is 0.461 e. The van der Waals surface area contributed by atoms with E-state index in [1.165, 1.54) is 6.26 Å². The van der Waals surface area contributed by atoms with E-state index >= 15 is 0 Å². The van der Waals surface area contributed by atoms with Gasteiger partial charge in [-0.3, -0.25) is 9.48 Å². The van der Waals surface area contributed by atoms with Crippen LogP contribution in [0.3, 0.4) is 0 Å². The molecule has 2 aromatic rings. The van der Waals surface area contributed by atoms with E-state index in [4.69, 9.17) is 4.42 Å². The second-order valence-electron chi connectivity index (χ2n) is 3.10. The summed E-state index contributed by atoms with van der Waals surface area (Å²) in [6.07, 6.45) is 1.48. The predicted octanol–water partition coefficient (Wildman–Crippen LogP) is 1.55. The number of rotatable bonds is 2. The first-order valence-electron chi connectivity index (χ1n) is 4.27. The molecule has 0 unspecified atom stereocenters. The average molecular weight is 190 g/mol. The van der Waals surface area contributed by atoms with Crippen molar-refractivity contribution in [2.45, 2.75) is 6.92 Å². The van der Waals surface area contributed by atoms with Crippen LogP contribution in [0.5, 0.6) is 0 Å². The Bertz CT molecular complexity index is 454. The van der Waals surface area contributed by atoms with Gasteiger partial charge in [-0.1, -0.05) is 0 Å². The van der Waals surface area contributed by atoms with Crippen LogP contribution in [0.2, 0.25) is 0 Å². The van der Waals surface area contributed by atoms with E-state index in [0.717, 1.165) is 5.69 Å². The molecule has 0 fully saturated rings. The smallest absolute Gasteiger partial charge is 0.246 e. The molecule has 0 aliphatic heterocycles. The molecular formula is C10H10N2O2. The summed E-state index contributed by atoms with van der Waals surface area (Å²) in [5.41, 5.74) is 1.36. The lowest BCUT2D eigenvalue weighted by atomic mass is 10.2. The van der Waals surface area contributed by atoms with Crippen molar-refractivity contribution in [1.29, 1.82) is 0 Å². The van der Waals surface area contributed by atoms with E-state index in [-0.39, 0.29) is 5.78 Å². The summed E-state index contributed by atoms with van der Waals surface area (Å²) >= 11 is 0. The molecular weight excluding hydrogens is 180 g/mol. The molecule has 4 heteroatoms. The summed E-state index contributed by atoms with van der Waals surface area (Å²) in [5, 5.41) is 4.10. The van der Waals surface area contributed by atoms with Gasteiger partial charge >= 0.3 is 0 Å². The Balaban J connectivity index is 2.41. The molecule has 0 atom stereocenters. The van der Waals surface area contributed by atoms with Crippen molar-refractivity contribution in [3.8, 4) is 0 Å². The summed E-state index contributed by atoms with van der Waals surface area (Å²) in [4.78, 5) is 11.8. The quantitative estimate of drug-likeness (QED) is 0.675. The Morgan fingerprint density at radius 1 is 1.57 bits per heavy atom. The fourth-order valence-electron chi connectivity index (χ4n) is 1.36. The zero-order chi connectivity index (χ0) is 10.1. The number of furan rings is 1. The first kappa shape index (κ1) is 8.74. The van der Waals surface area contributed by atoms with Crippen molar-refractivity contribution in [2.24, 2.45) is 7.05 Å². The van der Waals surface area contributed by atoms with E-state index in [1.807, 2.05) is 6.92 Å². The Labute approximate surface area is 81.1 Å². The Hall–Kier alpha value is -1.84. The summed E-state index contributed by atoms with van der Waals surface area (Å²) in [5.74, 6) is 0.200. The predicted molar refractivity (Wildman–Crippen MR) is 50.1 cm³/mol. The zero-order valence-electron chi connectivity index (χ0n) is 8.02. The first-order chi connectivity index (χ1) is 6.68. The standard InChI is InChI=1S/C10H10N2O2/c1-7-6-8(12(2)11-7)10(13)9-4-3-5-14-9/h3-6H,1-2H3. The minimum atomic E-state index is -0.141. The van der Waals surface area contributed by atoms with Crippen LogP contribution < -0.4 is 0 Å². The maximum atomic E-state index is 11.8. The highest BCUT2D eigenvalue weighted by atomic mass is 16.3. The second-order valence-corrected chi connectivity index (χ2v) is 3.10. The summed E-state index contributed by atoms with van der Waals surface area (Å²) in [6, 6.07) is 5.08. The molecule has 0 spiro atoms. The molecule has 2 heterocycles. The van der Waals surface area contributed by atoms with Crippen LogP contribution >= 0.6 is 0 Å². The van der Waals surface area contributed by atoms with E-state index in [1.54, 1.807) is 29.9 Å². The van der Waals surface area contributed by atoms with Gasteiger partial charge in [-0.2, -0.15) is 5.10 Å². The highest BCUT2D eigenvalue weighted by molar-refractivity contribution is 6.05. The van der Waals surface area contributed by atoms with Crippen molar-refractivity contribution in [1.82, 2.24) is 9.78 Å². The highest BCUT2D eigenvalue weighted by Gasteiger charge is 2.15. The lowest BCUT2D eigenvalue weighted by Gasteiger charge is -1.96. The summed E-state index contributed by atoms with van der Waals surface area (Å²) in [7, 11) is 1.74. The van der Waals surface area contributed by atoms with Crippen molar-refractivity contribution >= 4 is 5.78 Å². The van der Waals surface area contributed by atoms with Crippen molar-refractivity contribution < 1.29 is 9.21 Å². The molecule has 0 aliphatic carbocycles. The van der Waals surface area contributed by atoms with Crippen molar-refractivity contribution in [3.63, 3.8) is 0 Å². The molecule has 0 aliphatic rings. The number of aromatic nitrogens is 2. The molecule has 4 nitrogen and oxygen atoms in total. The fraction of sp³-hybridized carbons (Fsp3) is 0.200. The first-order valence-corrected chi connectivity index (χ1v) is 4.27. The topological polar surface area (TPSA) is 48.0 Å². The van der Waals surface area contributed by atoms with Crippen LogP contribution in [0, 0.1) is 6.92 Å². The minimum Gasteiger partial charge on any atom is -0.461 e. The molecule has 0 saturated carbocycles. The van der Waals surface area contributed by atoms with Gasteiger partial charge in [0.05, 0.1) is 12.0 Å². The number of hydrogen-bond acceptors (Lipinski definition) is 3. The van der Waals surface area contributed by atoms with E-state index in [2.05, 4.69) is 5.10 Å². The monoisotopic (exact) mass is 190 g/mol. The zero-order valence-corrected chi connectivity index (χ0v) is 8.02. The fourth-order valence-corrected chi connectivity index (χ4v) is 1.36. The maximum Gasteiger partial charge on any atom is 0.246 e. The van der Waals surface area contributed by atoms with Gasteiger partial charge in [-0.05, 0) is 25.1 Å². The van der Waals surface area contributed by atoms with Gasteiger partial charge in [-0.25, -0.2) is 0 Å². The van der Waals surface area contributed by atoms with Crippen LogP contribution in [0.25, 0.3) is 0 Å². The van der Waals surface area contributed by atoms with Gasteiger partial charge in [0.1, 0.15) is 5.69 Å². The molecule has 0 amide bonds. The molecule has 0 bridgehead atoms. The number of aryl methyl sites for hydroxylation is 2. The number of nitrogens with zero attached hydrogens (tertiary/aromatic N) is 2. The normalized spacial score (nSPS) is 10.4. The third kappa shape index (κ3) is 1.35. The van der Waals surface area contributed by atoms with Gasteiger partial charge in [0.2, 0.25) is 5.78 Å². The van der Waals surface area contributed by atoms with Crippen molar-refractivity contribution in [3.05, 3.63) is 41.6 Å². The van der Waals surface area contributed by atoms with Crippen LogP contribution in [-0.4, -0.2) is 15.6 Å². The molecule has 0 saturated heterocycles. The van der Waals surface area contributed by atoms with Gasteiger partial charge in [-0.15, -0.1) is 0 Å². The molecule has 0 radical (unpaired) electrons. The van der Waals surface area contributed by atoms with Gasteiger partial charge in [0.25, 0.3) is 0 Å². The molecule has 2 rings (SSSR count).